The summed E-state index contributed by atoms with van der Waals surface area (Å²) in [5, 5.41) is 9.36. The molecule has 0 aliphatic heterocycles. The van der Waals surface area contributed by atoms with Gasteiger partial charge < -0.3 is 14.6 Å². The van der Waals surface area contributed by atoms with E-state index in [2.05, 4.69) is 9.97 Å². The molecule has 1 heterocycles. The molecule has 9 heteroatoms. The predicted octanol–water partition coefficient (Wildman–Crippen LogP) is 3.53. The molecule has 1 aromatic carbocycles. The van der Waals surface area contributed by atoms with Crippen molar-refractivity contribution in [3.8, 4) is 11.5 Å². The van der Waals surface area contributed by atoms with E-state index < -0.39 is 6.09 Å². The maximum atomic E-state index is 11.5. The maximum Gasteiger partial charge on any atom is 0.413 e. The summed E-state index contributed by atoms with van der Waals surface area (Å²) in [4.78, 5) is 20.2. The summed E-state index contributed by atoms with van der Waals surface area (Å²) in [5.74, 6) is 1.30. The fourth-order valence-corrected chi connectivity index (χ4v) is 2.50. The predicted molar refractivity (Wildman–Crippen MR) is 90.7 cm³/mol. The molecule has 0 saturated heterocycles. The smallest absolute Gasteiger partial charge is 0.413 e. The van der Waals surface area contributed by atoms with E-state index in [4.69, 9.17) is 32.7 Å². The van der Waals surface area contributed by atoms with E-state index in [0.717, 1.165) is 10.5 Å². The van der Waals surface area contributed by atoms with Gasteiger partial charge in [-0.2, -0.15) is 4.98 Å². The highest BCUT2D eigenvalue weighted by Crippen LogP contribution is 2.28. The fourth-order valence-electron chi connectivity index (χ4n) is 2.10. The first-order chi connectivity index (χ1) is 11.4. The molecule has 1 aromatic heterocycles. The van der Waals surface area contributed by atoms with E-state index in [9.17, 15) is 9.90 Å². The highest BCUT2D eigenvalue weighted by Gasteiger charge is 2.18. The van der Waals surface area contributed by atoms with Crippen LogP contribution >= 0.6 is 23.2 Å². The van der Waals surface area contributed by atoms with Crippen LogP contribution in [0.25, 0.3) is 0 Å². The zero-order valence-electron chi connectivity index (χ0n) is 13.0. The summed E-state index contributed by atoms with van der Waals surface area (Å²) in [6.45, 7) is 0.161. The van der Waals surface area contributed by atoms with Gasteiger partial charge in [-0.05, 0) is 35.7 Å². The van der Waals surface area contributed by atoms with Crippen LogP contribution in [0.2, 0.25) is 10.4 Å². The first-order valence-electron chi connectivity index (χ1n) is 6.86. The second-order valence-corrected chi connectivity index (χ2v) is 5.42. The van der Waals surface area contributed by atoms with Crippen LogP contribution in [0.3, 0.4) is 0 Å². The SMILES string of the molecule is COc1ccc(CCN(C(=O)O)c2cc(Cl)nc(Cl)n2)cc1OC. The summed E-state index contributed by atoms with van der Waals surface area (Å²) in [7, 11) is 3.09. The Kier molecular flexibility index (Phi) is 6.05. The van der Waals surface area contributed by atoms with Crippen molar-refractivity contribution >= 4 is 35.1 Å². The Hall–Kier alpha value is -2.25. The zero-order valence-corrected chi connectivity index (χ0v) is 14.5. The van der Waals surface area contributed by atoms with E-state index >= 15 is 0 Å². The molecule has 24 heavy (non-hydrogen) atoms. The number of carboxylic acid groups (broad SMARTS) is 1. The average molecular weight is 372 g/mol. The normalized spacial score (nSPS) is 10.3. The van der Waals surface area contributed by atoms with Gasteiger partial charge in [0.1, 0.15) is 11.0 Å². The Morgan fingerprint density at radius 2 is 1.88 bits per heavy atom. The number of ether oxygens (including phenoxy) is 2. The molecule has 1 N–H and O–H groups in total. The second-order valence-electron chi connectivity index (χ2n) is 4.69. The molecule has 2 rings (SSSR count). The zero-order chi connectivity index (χ0) is 17.7. The van der Waals surface area contributed by atoms with Crippen molar-refractivity contribution < 1.29 is 19.4 Å². The minimum atomic E-state index is -1.17. The van der Waals surface area contributed by atoms with Gasteiger partial charge in [-0.25, -0.2) is 9.78 Å². The van der Waals surface area contributed by atoms with Crippen LogP contribution in [0.4, 0.5) is 10.6 Å². The third kappa shape index (κ3) is 4.39. The molecular weight excluding hydrogens is 357 g/mol. The van der Waals surface area contributed by atoms with Crippen molar-refractivity contribution in [2.24, 2.45) is 0 Å². The Bertz CT molecular complexity index is 722. The van der Waals surface area contributed by atoms with Gasteiger partial charge in [0.2, 0.25) is 5.28 Å². The Labute approximate surface area is 148 Å². The number of carbonyl (C=O) groups is 1. The fraction of sp³-hybridized carbons (Fsp3) is 0.267. The minimum Gasteiger partial charge on any atom is -0.493 e. The van der Waals surface area contributed by atoms with Gasteiger partial charge in [0.15, 0.2) is 11.5 Å². The molecule has 0 atom stereocenters. The van der Waals surface area contributed by atoms with Gasteiger partial charge in [-0.1, -0.05) is 17.7 Å². The minimum absolute atomic E-state index is 0.0716. The molecular formula is C15H15Cl2N3O4. The first kappa shape index (κ1) is 18.1. The molecule has 0 aliphatic carbocycles. The number of amides is 1. The summed E-state index contributed by atoms with van der Waals surface area (Å²) in [6, 6.07) is 6.73. The molecule has 0 radical (unpaired) electrons. The van der Waals surface area contributed by atoms with Crippen molar-refractivity contribution in [3.63, 3.8) is 0 Å². The number of anilines is 1. The number of halogens is 2. The monoisotopic (exact) mass is 371 g/mol. The van der Waals surface area contributed by atoms with E-state index in [0.29, 0.717) is 17.9 Å². The first-order valence-corrected chi connectivity index (χ1v) is 7.61. The average Bonchev–Trinajstić information content (AvgIpc) is 2.53. The van der Waals surface area contributed by atoms with Crippen LogP contribution < -0.4 is 14.4 Å². The molecule has 0 aliphatic rings. The summed E-state index contributed by atoms with van der Waals surface area (Å²) in [6.07, 6.45) is -0.729. The van der Waals surface area contributed by atoms with Crippen molar-refractivity contribution in [1.82, 2.24) is 9.97 Å². The lowest BCUT2D eigenvalue weighted by atomic mass is 10.1. The van der Waals surface area contributed by atoms with E-state index in [1.54, 1.807) is 19.2 Å². The van der Waals surface area contributed by atoms with Gasteiger partial charge in [-0.3, -0.25) is 4.90 Å². The summed E-state index contributed by atoms with van der Waals surface area (Å²) in [5.41, 5.74) is 0.880. The molecule has 0 bridgehead atoms. The number of hydrogen-bond donors (Lipinski definition) is 1. The highest BCUT2D eigenvalue weighted by atomic mass is 35.5. The number of aromatic nitrogens is 2. The molecule has 2 aromatic rings. The van der Waals surface area contributed by atoms with Crippen molar-refractivity contribution in [2.75, 3.05) is 25.7 Å². The van der Waals surface area contributed by atoms with Crippen LogP contribution in [0, 0.1) is 0 Å². The standard InChI is InChI=1S/C15H15Cl2N3O4/c1-23-10-4-3-9(7-11(10)24-2)5-6-20(15(21)22)13-8-12(16)18-14(17)19-13/h3-4,7-8H,5-6H2,1-2H3,(H,21,22). The van der Waals surface area contributed by atoms with Crippen LogP contribution in [0.5, 0.6) is 11.5 Å². The van der Waals surface area contributed by atoms with Crippen molar-refractivity contribution in [2.45, 2.75) is 6.42 Å². The lowest BCUT2D eigenvalue weighted by Gasteiger charge is -2.18. The Balaban J connectivity index is 2.19. The third-order valence-corrected chi connectivity index (χ3v) is 3.60. The number of benzene rings is 1. The molecule has 0 spiro atoms. The summed E-state index contributed by atoms with van der Waals surface area (Å²) < 4.78 is 10.4. The van der Waals surface area contributed by atoms with Gasteiger partial charge in [-0.15, -0.1) is 0 Å². The molecule has 128 valence electrons. The topological polar surface area (TPSA) is 84.8 Å². The van der Waals surface area contributed by atoms with Gasteiger partial charge in [0, 0.05) is 12.6 Å². The van der Waals surface area contributed by atoms with Crippen LogP contribution in [-0.2, 0) is 6.42 Å². The van der Waals surface area contributed by atoms with E-state index in [-0.39, 0.29) is 22.8 Å². The lowest BCUT2D eigenvalue weighted by Crippen LogP contribution is -2.32. The van der Waals surface area contributed by atoms with Crippen LogP contribution in [-0.4, -0.2) is 41.9 Å². The van der Waals surface area contributed by atoms with Crippen molar-refractivity contribution in [3.05, 3.63) is 40.3 Å². The van der Waals surface area contributed by atoms with E-state index in [1.165, 1.54) is 13.2 Å². The van der Waals surface area contributed by atoms with Crippen LogP contribution in [0.1, 0.15) is 5.56 Å². The molecule has 0 unspecified atom stereocenters. The number of hydrogen-bond acceptors (Lipinski definition) is 5. The van der Waals surface area contributed by atoms with Gasteiger partial charge in [0.05, 0.1) is 14.2 Å². The Morgan fingerprint density at radius 3 is 2.46 bits per heavy atom. The number of rotatable bonds is 6. The quantitative estimate of drug-likeness (QED) is 0.617. The number of nitrogens with zero attached hydrogens (tertiary/aromatic N) is 3. The lowest BCUT2D eigenvalue weighted by molar-refractivity contribution is 0.201. The highest BCUT2D eigenvalue weighted by molar-refractivity contribution is 6.32. The molecule has 0 fully saturated rings. The van der Waals surface area contributed by atoms with E-state index in [1.807, 2.05) is 6.07 Å². The molecule has 1 amide bonds. The van der Waals surface area contributed by atoms with Gasteiger partial charge >= 0.3 is 6.09 Å². The van der Waals surface area contributed by atoms with Crippen molar-refractivity contribution in [1.29, 1.82) is 0 Å². The number of methoxy groups -OCH3 is 2. The molecule has 0 saturated carbocycles. The summed E-state index contributed by atoms with van der Waals surface area (Å²) >= 11 is 11.5. The van der Waals surface area contributed by atoms with Crippen LogP contribution in [0.15, 0.2) is 24.3 Å². The molecule has 7 nitrogen and oxygen atoms in total. The largest absolute Gasteiger partial charge is 0.493 e. The Morgan fingerprint density at radius 1 is 1.17 bits per heavy atom. The maximum absolute atomic E-state index is 11.5. The van der Waals surface area contributed by atoms with Gasteiger partial charge in [0.25, 0.3) is 0 Å². The second kappa shape index (κ2) is 8.03. The third-order valence-electron chi connectivity index (χ3n) is 3.23.